The molecule has 1 aromatic rings. The summed E-state index contributed by atoms with van der Waals surface area (Å²) in [5.41, 5.74) is 0.547. The Morgan fingerprint density at radius 1 is 1.40 bits per heavy atom. The van der Waals surface area contributed by atoms with Crippen molar-refractivity contribution in [3.8, 4) is 0 Å². The number of rotatable bonds is 8. The third-order valence-corrected chi connectivity index (χ3v) is 3.05. The predicted molar refractivity (Wildman–Crippen MR) is 80.3 cm³/mol. The fourth-order valence-corrected chi connectivity index (χ4v) is 2.06. The number of nitrogens with one attached hydrogen (secondary N) is 1. The topological polar surface area (TPSA) is 76.2 Å². The van der Waals surface area contributed by atoms with Gasteiger partial charge in [0.2, 0.25) is 5.82 Å². The smallest absolute Gasteiger partial charge is 0.333 e. The van der Waals surface area contributed by atoms with Crippen molar-refractivity contribution in [1.29, 1.82) is 0 Å². The lowest BCUT2D eigenvalue weighted by Crippen LogP contribution is -2.15. The number of anilines is 1. The molecular formula is C13H25N5O2. The van der Waals surface area contributed by atoms with Gasteiger partial charge in [-0.25, -0.2) is 4.68 Å². The quantitative estimate of drug-likeness (QED) is 0.450. The van der Waals surface area contributed by atoms with Crippen LogP contribution in [-0.2, 0) is 0 Å². The molecule has 1 N–H and O–H groups in total. The largest absolute Gasteiger partial charge is 0.365 e. The van der Waals surface area contributed by atoms with Gasteiger partial charge in [-0.15, -0.1) is 0 Å². The van der Waals surface area contributed by atoms with Gasteiger partial charge >= 0.3 is 5.69 Å². The van der Waals surface area contributed by atoms with Crippen molar-refractivity contribution in [3.05, 3.63) is 15.8 Å². The number of nitrogens with zero attached hydrogens (tertiary/aromatic N) is 4. The van der Waals surface area contributed by atoms with Crippen LogP contribution in [0, 0.1) is 17.0 Å². The van der Waals surface area contributed by atoms with Crippen LogP contribution >= 0.6 is 0 Å². The fraction of sp³-hybridized carbons (Fsp3) is 0.769. The molecule has 0 aliphatic rings. The summed E-state index contributed by atoms with van der Waals surface area (Å²) in [4.78, 5) is 12.9. The minimum atomic E-state index is -0.358. The second kappa shape index (κ2) is 7.23. The summed E-state index contributed by atoms with van der Waals surface area (Å²) in [6, 6.07) is 0.0895. The van der Waals surface area contributed by atoms with Gasteiger partial charge in [0.15, 0.2) is 0 Å². The van der Waals surface area contributed by atoms with Gasteiger partial charge in [-0.2, -0.15) is 5.10 Å². The van der Waals surface area contributed by atoms with Crippen LogP contribution in [0.15, 0.2) is 0 Å². The fourth-order valence-electron chi connectivity index (χ4n) is 2.06. The van der Waals surface area contributed by atoms with E-state index in [-0.39, 0.29) is 16.7 Å². The van der Waals surface area contributed by atoms with Gasteiger partial charge in [-0.05, 0) is 54.3 Å². The molecule has 0 radical (unpaired) electrons. The maximum absolute atomic E-state index is 11.2. The van der Waals surface area contributed by atoms with Crippen molar-refractivity contribution < 1.29 is 4.92 Å². The normalized spacial score (nSPS) is 11.3. The standard InChI is InChI=1S/C13H25N5O2/c1-10(2)17-13(12(18(19)20)11(3)15-17)14-8-6-7-9-16(4)5/h10,14H,6-9H2,1-5H3. The van der Waals surface area contributed by atoms with E-state index in [1.54, 1.807) is 11.6 Å². The number of hydrogen-bond acceptors (Lipinski definition) is 5. The Morgan fingerprint density at radius 3 is 2.55 bits per heavy atom. The zero-order chi connectivity index (χ0) is 15.3. The van der Waals surface area contributed by atoms with Gasteiger partial charge in [0, 0.05) is 12.6 Å². The average Bonchev–Trinajstić information content (AvgIpc) is 2.65. The van der Waals surface area contributed by atoms with E-state index in [0.29, 0.717) is 18.1 Å². The van der Waals surface area contributed by atoms with E-state index < -0.39 is 0 Å². The number of aromatic nitrogens is 2. The van der Waals surface area contributed by atoms with Gasteiger partial charge in [-0.3, -0.25) is 10.1 Å². The zero-order valence-corrected chi connectivity index (χ0v) is 13.0. The van der Waals surface area contributed by atoms with Crippen LogP contribution in [0.1, 0.15) is 38.4 Å². The highest BCUT2D eigenvalue weighted by Gasteiger charge is 2.25. The molecule has 0 amide bonds. The third kappa shape index (κ3) is 4.19. The summed E-state index contributed by atoms with van der Waals surface area (Å²) in [5, 5.41) is 18.6. The zero-order valence-electron chi connectivity index (χ0n) is 13.0. The molecule has 0 bridgehead atoms. The van der Waals surface area contributed by atoms with E-state index in [2.05, 4.69) is 15.3 Å². The summed E-state index contributed by atoms with van der Waals surface area (Å²) >= 11 is 0. The number of nitro groups is 1. The van der Waals surface area contributed by atoms with Crippen molar-refractivity contribution in [3.63, 3.8) is 0 Å². The van der Waals surface area contributed by atoms with E-state index in [9.17, 15) is 10.1 Å². The number of unbranched alkanes of at least 4 members (excludes halogenated alkanes) is 1. The van der Waals surface area contributed by atoms with Gasteiger partial charge in [0.25, 0.3) is 0 Å². The molecule has 0 aliphatic heterocycles. The predicted octanol–water partition coefficient (Wildman–Crippen LogP) is 2.43. The van der Waals surface area contributed by atoms with Gasteiger partial charge in [0.1, 0.15) is 5.69 Å². The first-order valence-corrected chi connectivity index (χ1v) is 6.96. The van der Waals surface area contributed by atoms with Crippen LogP contribution in [0.25, 0.3) is 0 Å². The highest BCUT2D eigenvalue weighted by molar-refractivity contribution is 5.59. The van der Waals surface area contributed by atoms with Gasteiger partial charge in [-0.1, -0.05) is 0 Å². The van der Waals surface area contributed by atoms with Crippen LogP contribution < -0.4 is 5.32 Å². The summed E-state index contributed by atoms with van der Waals surface area (Å²) in [5.74, 6) is 0.521. The molecule has 114 valence electrons. The first kappa shape index (κ1) is 16.4. The van der Waals surface area contributed by atoms with Crippen LogP contribution in [-0.4, -0.2) is 46.8 Å². The third-order valence-electron chi connectivity index (χ3n) is 3.05. The molecule has 1 aromatic heterocycles. The van der Waals surface area contributed by atoms with E-state index in [1.807, 2.05) is 27.9 Å². The molecule has 0 atom stereocenters. The average molecular weight is 283 g/mol. The van der Waals surface area contributed by atoms with E-state index in [0.717, 1.165) is 19.4 Å². The first-order chi connectivity index (χ1) is 9.34. The molecule has 0 fully saturated rings. The Bertz CT molecular complexity index is 454. The summed E-state index contributed by atoms with van der Waals surface area (Å²) in [6.45, 7) is 7.34. The molecule has 0 saturated heterocycles. The Labute approximate surface area is 120 Å². The molecule has 1 rings (SSSR count). The minimum absolute atomic E-state index is 0.0892. The van der Waals surface area contributed by atoms with Crippen molar-refractivity contribution in [1.82, 2.24) is 14.7 Å². The molecule has 1 heterocycles. The second-order valence-corrected chi connectivity index (χ2v) is 5.52. The number of hydrogen-bond donors (Lipinski definition) is 1. The molecule has 0 unspecified atom stereocenters. The Morgan fingerprint density at radius 2 is 2.05 bits per heavy atom. The molecular weight excluding hydrogens is 258 g/mol. The maximum atomic E-state index is 11.2. The lowest BCUT2D eigenvalue weighted by atomic mass is 10.3. The molecule has 0 saturated carbocycles. The summed E-state index contributed by atoms with van der Waals surface area (Å²) in [7, 11) is 4.07. The van der Waals surface area contributed by atoms with Gasteiger partial charge < -0.3 is 10.2 Å². The van der Waals surface area contributed by atoms with E-state index in [4.69, 9.17) is 0 Å². The van der Waals surface area contributed by atoms with Crippen molar-refractivity contribution in [2.24, 2.45) is 0 Å². The Hall–Kier alpha value is -1.63. The first-order valence-electron chi connectivity index (χ1n) is 6.96. The summed E-state index contributed by atoms with van der Waals surface area (Å²) < 4.78 is 1.69. The van der Waals surface area contributed by atoms with Crippen molar-refractivity contribution in [2.75, 3.05) is 32.5 Å². The summed E-state index contributed by atoms with van der Waals surface area (Å²) in [6.07, 6.45) is 2.03. The molecule has 0 spiro atoms. The van der Waals surface area contributed by atoms with Crippen molar-refractivity contribution in [2.45, 2.75) is 39.7 Å². The highest BCUT2D eigenvalue weighted by atomic mass is 16.6. The van der Waals surface area contributed by atoms with Gasteiger partial charge in [0.05, 0.1) is 4.92 Å². The Kier molecular flexibility index (Phi) is 5.94. The van der Waals surface area contributed by atoms with Crippen LogP contribution in [0.2, 0.25) is 0 Å². The minimum Gasteiger partial charge on any atom is -0.365 e. The molecule has 0 aromatic carbocycles. The lowest BCUT2D eigenvalue weighted by Gasteiger charge is -2.13. The van der Waals surface area contributed by atoms with E-state index in [1.165, 1.54) is 0 Å². The second-order valence-electron chi connectivity index (χ2n) is 5.52. The number of aryl methyl sites for hydroxylation is 1. The lowest BCUT2D eigenvalue weighted by molar-refractivity contribution is -0.384. The highest BCUT2D eigenvalue weighted by Crippen LogP contribution is 2.30. The van der Waals surface area contributed by atoms with Crippen LogP contribution in [0.4, 0.5) is 11.5 Å². The van der Waals surface area contributed by atoms with Crippen LogP contribution in [0.5, 0.6) is 0 Å². The molecule has 7 heteroatoms. The maximum Gasteiger partial charge on any atom is 0.333 e. The van der Waals surface area contributed by atoms with E-state index >= 15 is 0 Å². The SMILES string of the molecule is Cc1nn(C(C)C)c(NCCCCN(C)C)c1[N+](=O)[O-]. The molecule has 0 aliphatic carbocycles. The monoisotopic (exact) mass is 283 g/mol. The van der Waals surface area contributed by atoms with Crippen molar-refractivity contribution >= 4 is 11.5 Å². The molecule has 7 nitrogen and oxygen atoms in total. The Balaban J connectivity index is 2.74. The molecule has 20 heavy (non-hydrogen) atoms. The van der Waals surface area contributed by atoms with Crippen LogP contribution in [0.3, 0.4) is 0 Å².